The number of ether oxygens (including phenoxy) is 1. The molecule has 1 saturated heterocycles. The third-order valence-electron chi connectivity index (χ3n) is 10.8. The molecular weight excluding hydrogens is 633 g/mol. The van der Waals surface area contributed by atoms with E-state index in [-0.39, 0.29) is 65.6 Å². The van der Waals surface area contributed by atoms with Crippen LogP contribution in [0.1, 0.15) is 128 Å². The number of Topliss-reactive ketones (excluding diaryl/α,β-unsaturated/α-hetero) is 1. The standard InChI is InChI=1S/C42H49N4O3.Mg/c1-10-13-14-22(4)17-18-49-37(47)16-15-30-25(7)33-19-31-23(5)28(11-2)35(43-31)20-32-24(6)29(12-3)36(44-32)21-34-26(8)39-41(46-34)38(40(30)45-33)27(9)42(39)48;/h11,17,19-21,25,27,30H,2,10,12-16,18H2,1,3-9H3,(H-,45,46,48);/q-3;+2/p-1/b22-17+,32-20-,33-19-,36-21-;/t25-,27+,30-;/m0./s1. The second kappa shape index (κ2) is 15.2. The minimum absolute atomic E-state index is 0. The Bertz CT molecular complexity index is 2060. The van der Waals surface area contributed by atoms with E-state index in [1.807, 2.05) is 38.2 Å². The number of fused-ring (bicyclic) bond motifs is 7. The quantitative estimate of drug-likeness (QED) is 0.130. The summed E-state index contributed by atoms with van der Waals surface area (Å²) >= 11 is 0. The van der Waals surface area contributed by atoms with E-state index < -0.39 is 0 Å². The first-order valence-corrected chi connectivity index (χ1v) is 17.8. The fourth-order valence-corrected chi connectivity index (χ4v) is 7.70. The largest absolute Gasteiger partial charge is 2.00 e. The summed E-state index contributed by atoms with van der Waals surface area (Å²) in [4.78, 5) is 42.2. The van der Waals surface area contributed by atoms with Crippen LogP contribution >= 0.6 is 0 Å². The van der Waals surface area contributed by atoms with E-state index in [4.69, 9.17) is 25.0 Å². The maximum absolute atomic E-state index is 13.9. The number of carbonyl (C=O) groups is 2. The first-order chi connectivity index (χ1) is 23.5. The van der Waals surface area contributed by atoms with E-state index >= 15 is 0 Å². The van der Waals surface area contributed by atoms with Crippen LogP contribution in [0, 0.1) is 38.5 Å². The second-order valence-corrected chi connectivity index (χ2v) is 13.9. The van der Waals surface area contributed by atoms with Crippen molar-refractivity contribution in [3.8, 4) is 0 Å². The molecule has 1 aliphatic carbocycles. The first kappa shape index (κ1) is 37.5. The molecule has 3 atom stereocenters. The van der Waals surface area contributed by atoms with Gasteiger partial charge in [0.2, 0.25) is 0 Å². The summed E-state index contributed by atoms with van der Waals surface area (Å²) < 4.78 is 5.64. The summed E-state index contributed by atoms with van der Waals surface area (Å²) in [6, 6.07) is 0. The fourth-order valence-electron chi connectivity index (χ4n) is 7.70. The molecule has 8 bridgehead atoms. The molecule has 3 aliphatic rings. The number of unbranched alkanes of at least 4 members (excludes halogenated alkanes) is 1. The summed E-state index contributed by atoms with van der Waals surface area (Å²) in [7, 11) is 0. The van der Waals surface area contributed by atoms with Gasteiger partial charge in [-0.1, -0.05) is 98.4 Å². The van der Waals surface area contributed by atoms with Crippen LogP contribution in [0.3, 0.4) is 0 Å². The summed E-state index contributed by atoms with van der Waals surface area (Å²) in [6.45, 7) is 21.1. The molecule has 0 spiro atoms. The van der Waals surface area contributed by atoms with Gasteiger partial charge in [-0.3, -0.25) is 9.59 Å². The van der Waals surface area contributed by atoms with Gasteiger partial charge in [-0.25, -0.2) is 0 Å². The van der Waals surface area contributed by atoms with E-state index in [1.54, 1.807) is 0 Å². The maximum Gasteiger partial charge on any atom is 2.00 e. The number of hydrogen-bond acceptors (Lipinski definition) is 3. The number of allylic oxidation sites excluding steroid dienone is 4. The molecule has 0 N–H and O–H groups in total. The van der Waals surface area contributed by atoms with E-state index in [9.17, 15) is 9.59 Å². The van der Waals surface area contributed by atoms with Crippen molar-refractivity contribution < 1.29 is 14.3 Å². The summed E-state index contributed by atoms with van der Waals surface area (Å²) in [5, 5.41) is 7.01. The molecule has 50 heavy (non-hydrogen) atoms. The average Bonchev–Trinajstić information content (AvgIpc) is 3.80. The molecule has 258 valence electrons. The van der Waals surface area contributed by atoms with Gasteiger partial charge in [0.25, 0.3) is 0 Å². The van der Waals surface area contributed by atoms with Crippen molar-refractivity contribution in [1.29, 1.82) is 0 Å². The monoisotopic (exact) mass is 680 g/mol. The molecule has 5 heterocycles. The number of ketones is 1. The third-order valence-corrected chi connectivity index (χ3v) is 10.8. The fraction of sp³-hybridized carbons (Fsp3) is 0.429. The molecule has 0 unspecified atom stereocenters. The van der Waals surface area contributed by atoms with Crippen molar-refractivity contribution in [2.45, 2.75) is 93.9 Å². The van der Waals surface area contributed by atoms with Gasteiger partial charge in [0.15, 0.2) is 5.78 Å². The van der Waals surface area contributed by atoms with Crippen molar-refractivity contribution in [1.82, 2.24) is 15.0 Å². The average molecular weight is 681 g/mol. The molecule has 0 radical (unpaired) electrons. The van der Waals surface area contributed by atoms with E-state index in [0.29, 0.717) is 17.7 Å². The molecule has 3 aromatic heterocycles. The Morgan fingerprint density at radius 3 is 2.36 bits per heavy atom. The Morgan fingerprint density at radius 1 is 0.940 bits per heavy atom. The Labute approximate surface area is 312 Å². The maximum atomic E-state index is 13.9. The van der Waals surface area contributed by atoms with Crippen LogP contribution in [0.5, 0.6) is 0 Å². The van der Waals surface area contributed by atoms with Crippen LogP contribution in [0.25, 0.3) is 35.2 Å². The van der Waals surface area contributed by atoms with Crippen molar-refractivity contribution >= 4 is 64.7 Å². The first-order valence-electron chi connectivity index (χ1n) is 17.8. The zero-order valence-corrected chi connectivity index (χ0v) is 32.4. The zero-order chi connectivity index (χ0) is 35.1. The Hall–Kier alpha value is -3.75. The molecule has 7 nitrogen and oxygen atoms in total. The van der Waals surface area contributed by atoms with Gasteiger partial charge in [0.05, 0.1) is 0 Å². The van der Waals surface area contributed by atoms with Gasteiger partial charge in [-0.15, -0.1) is 33.5 Å². The van der Waals surface area contributed by atoms with Crippen LogP contribution in [-0.4, -0.2) is 41.4 Å². The van der Waals surface area contributed by atoms with Crippen molar-refractivity contribution in [3.63, 3.8) is 0 Å². The molecule has 2 aliphatic heterocycles. The predicted octanol–water partition coefficient (Wildman–Crippen LogP) is 6.96. The normalized spacial score (nSPS) is 23.3. The number of nitrogens with zero attached hydrogens (tertiary/aromatic N) is 4. The van der Waals surface area contributed by atoms with Gasteiger partial charge in [0.1, 0.15) is 6.61 Å². The molecule has 0 amide bonds. The molecule has 8 heteroatoms. The van der Waals surface area contributed by atoms with Crippen LogP contribution in [0.4, 0.5) is 0 Å². The summed E-state index contributed by atoms with van der Waals surface area (Å²) in [5.74, 6) is -0.651. The molecule has 3 aromatic rings. The Morgan fingerprint density at radius 2 is 1.66 bits per heavy atom. The number of carbonyl (C=O) groups excluding carboxylic acids is 2. The topological polar surface area (TPSA) is 99.8 Å². The van der Waals surface area contributed by atoms with Crippen LogP contribution in [-0.2, 0) is 16.0 Å². The van der Waals surface area contributed by atoms with Gasteiger partial charge < -0.3 is 25.0 Å². The van der Waals surface area contributed by atoms with Gasteiger partial charge in [-0.2, -0.15) is 11.4 Å². The number of aromatic nitrogens is 3. The number of esters is 1. The van der Waals surface area contributed by atoms with Crippen molar-refractivity contribution in [2.24, 2.45) is 17.8 Å². The minimum Gasteiger partial charge on any atom is -0.664 e. The molecular formula is C42H48MgN4O3-2. The Kier molecular flexibility index (Phi) is 11.4. The van der Waals surface area contributed by atoms with E-state index in [1.165, 1.54) is 5.57 Å². The van der Waals surface area contributed by atoms with Crippen LogP contribution in [0.2, 0.25) is 0 Å². The number of rotatable bonds is 10. The predicted molar refractivity (Wildman–Crippen MR) is 203 cm³/mol. The minimum atomic E-state index is -0.385. The summed E-state index contributed by atoms with van der Waals surface area (Å²) in [5.41, 5.74) is 12.8. The van der Waals surface area contributed by atoms with Crippen LogP contribution in [0.15, 0.2) is 29.6 Å². The van der Waals surface area contributed by atoms with Gasteiger partial charge in [0, 0.05) is 17.9 Å². The molecule has 1 fully saturated rings. The second-order valence-electron chi connectivity index (χ2n) is 13.9. The smallest absolute Gasteiger partial charge is 0.664 e. The molecule has 0 aromatic carbocycles. The number of hydrogen-bond donors (Lipinski definition) is 0. The molecule has 6 rings (SSSR count). The third kappa shape index (κ3) is 6.69. The zero-order valence-electron chi connectivity index (χ0n) is 31.0. The van der Waals surface area contributed by atoms with Gasteiger partial charge in [-0.05, 0) is 76.9 Å². The molecule has 0 saturated carbocycles. The van der Waals surface area contributed by atoms with E-state index in [2.05, 4.69) is 54.2 Å². The van der Waals surface area contributed by atoms with Crippen LogP contribution < -0.4 is 25.7 Å². The SMILES string of the molecule is C=Cc1c2[n-]c(c1C)/C=C1\[N-]/C(=C3\c4[n-]c(c(C)c4C(=O)[C@@H]3C)/C=c3\[n-]/c(c(C)c3CC)=C\2)[C@@H](CCC(=O)OC/C=C(\C)CCCC)[C@@H]1C.[Mg+2]. The summed E-state index contributed by atoms with van der Waals surface area (Å²) in [6.07, 6.45) is 14.9. The van der Waals surface area contributed by atoms with Gasteiger partial charge >= 0.3 is 29.0 Å². The van der Waals surface area contributed by atoms with Crippen molar-refractivity contribution in [2.75, 3.05) is 6.61 Å². The van der Waals surface area contributed by atoms with Crippen molar-refractivity contribution in [3.05, 3.63) is 102 Å². The van der Waals surface area contributed by atoms with E-state index in [0.717, 1.165) is 98.2 Å². The Balaban J connectivity index is 0.00000486.